The highest BCUT2D eigenvalue weighted by molar-refractivity contribution is 6.32. The van der Waals surface area contributed by atoms with Crippen molar-refractivity contribution in [1.29, 1.82) is 0 Å². The molecule has 0 unspecified atom stereocenters. The summed E-state index contributed by atoms with van der Waals surface area (Å²) in [5.41, 5.74) is -1.81. The minimum Gasteiger partial charge on any atom is -0.494 e. The Bertz CT molecular complexity index is 945. The summed E-state index contributed by atoms with van der Waals surface area (Å²) < 4.78 is 1.69. The quantitative estimate of drug-likeness (QED) is 0.510. The average Bonchev–Trinajstić information content (AvgIpc) is 2.52. The van der Waals surface area contributed by atoms with Crippen LogP contribution >= 0.6 is 11.6 Å². The van der Waals surface area contributed by atoms with E-state index in [1.165, 1.54) is 26.2 Å². The second-order valence-electron chi connectivity index (χ2n) is 4.59. The van der Waals surface area contributed by atoms with E-state index >= 15 is 0 Å². The highest BCUT2D eigenvalue weighted by atomic mass is 35.5. The summed E-state index contributed by atoms with van der Waals surface area (Å²) in [5, 5.41) is 20.7. The number of benzene rings is 1. The van der Waals surface area contributed by atoms with Gasteiger partial charge in [0.25, 0.3) is 11.2 Å². The molecule has 0 atom stereocenters. The van der Waals surface area contributed by atoms with Gasteiger partial charge in [0.1, 0.15) is 10.6 Å². The lowest BCUT2D eigenvalue weighted by Gasteiger charge is -2.07. The Morgan fingerprint density at radius 3 is 2.57 bits per heavy atom. The van der Waals surface area contributed by atoms with Gasteiger partial charge in [-0.3, -0.25) is 29.0 Å². The zero-order valence-corrected chi connectivity index (χ0v) is 12.8. The molecule has 0 saturated carbocycles. The summed E-state index contributed by atoms with van der Waals surface area (Å²) in [6.45, 7) is 0. The van der Waals surface area contributed by atoms with Gasteiger partial charge in [-0.1, -0.05) is 11.6 Å². The van der Waals surface area contributed by atoms with Crippen molar-refractivity contribution in [1.82, 2.24) is 9.13 Å². The zero-order chi connectivity index (χ0) is 17.3. The van der Waals surface area contributed by atoms with E-state index in [-0.39, 0.29) is 22.0 Å². The van der Waals surface area contributed by atoms with Crippen LogP contribution in [0.1, 0.15) is 5.56 Å². The van der Waals surface area contributed by atoms with E-state index in [1.54, 1.807) is 0 Å². The Hall–Kier alpha value is -2.94. The van der Waals surface area contributed by atoms with Crippen molar-refractivity contribution in [2.24, 2.45) is 19.1 Å². The highest BCUT2D eigenvalue weighted by Gasteiger charge is 2.14. The van der Waals surface area contributed by atoms with Crippen LogP contribution in [0.3, 0.4) is 0 Å². The molecule has 23 heavy (non-hydrogen) atoms. The van der Waals surface area contributed by atoms with Crippen molar-refractivity contribution in [3.05, 3.63) is 59.7 Å². The molecule has 9 nitrogen and oxygen atoms in total. The molecule has 1 aromatic carbocycles. The molecule has 0 aliphatic heterocycles. The van der Waals surface area contributed by atoms with E-state index in [0.717, 1.165) is 21.4 Å². The number of hydrogen-bond donors (Lipinski definition) is 1. The van der Waals surface area contributed by atoms with Crippen LogP contribution in [0.2, 0.25) is 5.02 Å². The third kappa shape index (κ3) is 2.99. The standard InChI is InChI=1S/C13H11ClN4O5/c1-16-11(19)8(12(20)17(2)13(16)21)6-15-7-3-4-9(14)10(5-7)18(22)23/h3-6,19H,1-2H3. The molecule has 0 spiro atoms. The summed E-state index contributed by atoms with van der Waals surface area (Å²) in [5.74, 6) is -0.551. The van der Waals surface area contributed by atoms with E-state index in [1.807, 2.05) is 0 Å². The maximum atomic E-state index is 12.0. The molecule has 120 valence electrons. The minimum absolute atomic E-state index is 0.0465. The molecule has 0 saturated heterocycles. The lowest BCUT2D eigenvalue weighted by atomic mass is 10.3. The molecule has 0 radical (unpaired) electrons. The molecule has 0 aliphatic carbocycles. The summed E-state index contributed by atoms with van der Waals surface area (Å²) in [6, 6.07) is 3.84. The number of nitrogens with zero attached hydrogens (tertiary/aromatic N) is 4. The SMILES string of the molecule is Cn1c(O)c(C=Nc2ccc(Cl)c([N+](=O)[O-])c2)c(=O)n(C)c1=O. The van der Waals surface area contributed by atoms with Gasteiger partial charge in [0.05, 0.1) is 10.6 Å². The van der Waals surface area contributed by atoms with E-state index in [2.05, 4.69) is 4.99 Å². The monoisotopic (exact) mass is 338 g/mol. The molecule has 0 amide bonds. The van der Waals surface area contributed by atoms with Gasteiger partial charge < -0.3 is 5.11 Å². The van der Waals surface area contributed by atoms with Crippen molar-refractivity contribution >= 4 is 29.2 Å². The zero-order valence-electron chi connectivity index (χ0n) is 12.1. The molecular formula is C13H11ClN4O5. The minimum atomic E-state index is -0.738. The van der Waals surface area contributed by atoms with Crippen LogP contribution < -0.4 is 11.2 Å². The number of aromatic nitrogens is 2. The van der Waals surface area contributed by atoms with Gasteiger partial charge in [0.2, 0.25) is 5.88 Å². The molecule has 1 N–H and O–H groups in total. The van der Waals surface area contributed by atoms with Crippen molar-refractivity contribution in [3.63, 3.8) is 0 Å². The van der Waals surface area contributed by atoms with Crippen molar-refractivity contribution in [2.75, 3.05) is 0 Å². The Balaban J connectivity index is 2.54. The number of halogens is 1. The Morgan fingerprint density at radius 2 is 1.96 bits per heavy atom. The molecule has 0 aliphatic rings. The molecule has 1 heterocycles. The number of aromatic hydroxyl groups is 1. The summed E-state index contributed by atoms with van der Waals surface area (Å²) >= 11 is 5.69. The van der Waals surface area contributed by atoms with Crippen molar-refractivity contribution in [2.45, 2.75) is 0 Å². The van der Waals surface area contributed by atoms with Crippen molar-refractivity contribution < 1.29 is 10.0 Å². The lowest BCUT2D eigenvalue weighted by molar-refractivity contribution is -0.384. The molecule has 1 aromatic heterocycles. The van der Waals surface area contributed by atoms with Crippen molar-refractivity contribution in [3.8, 4) is 5.88 Å². The van der Waals surface area contributed by atoms with Crippen LogP contribution in [0.25, 0.3) is 0 Å². The second kappa shape index (κ2) is 6.05. The number of rotatable bonds is 3. The maximum Gasteiger partial charge on any atom is 0.333 e. The van der Waals surface area contributed by atoms with E-state index < -0.39 is 22.1 Å². The number of nitro groups is 1. The first-order chi connectivity index (χ1) is 10.7. The van der Waals surface area contributed by atoms with Gasteiger partial charge in [0.15, 0.2) is 0 Å². The number of hydrogen-bond acceptors (Lipinski definition) is 6. The molecule has 0 bridgehead atoms. The second-order valence-corrected chi connectivity index (χ2v) is 5.00. The van der Waals surface area contributed by atoms with Crippen LogP contribution in [0.15, 0.2) is 32.8 Å². The van der Waals surface area contributed by atoms with Crippen LogP contribution in [-0.2, 0) is 14.1 Å². The van der Waals surface area contributed by atoms with Gasteiger partial charge in [-0.05, 0) is 12.1 Å². The Morgan fingerprint density at radius 1 is 1.30 bits per heavy atom. The third-order valence-corrected chi connectivity index (χ3v) is 3.46. The molecule has 0 fully saturated rings. The first-order valence-electron chi connectivity index (χ1n) is 6.21. The third-order valence-electron chi connectivity index (χ3n) is 3.14. The van der Waals surface area contributed by atoms with Crippen LogP contribution in [0.5, 0.6) is 5.88 Å². The Labute approximate surface area is 133 Å². The fourth-order valence-corrected chi connectivity index (χ4v) is 2.02. The summed E-state index contributed by atoms with van der Waals surface area (Å²) in [7, 11) is 2.55. The molecule has 2 rings (SSSR count). The first kappa shape index (κ1) is 16.4. The molecule has 10 heteroatoms. The van der Waals surface area contributed by atoms with E-state index in [0.29, 0.717) is 0 Å². The molecule has 2 aromatic rings. The highest BCUT2D eigenvalue weighted by Crippen LogP contribution is 2.28. The topological polar surface area (TPSA) is 120 Å². The van der Waals surface area contributed by atoms with Gasteiger partial charge in [-0.15, -0.1) is 0 Å². The largest absolute Gasteiger partial charge is 0.494 e. The predicted molar refractivity (Wildman–Crippen MR) is 83.9 cm³/mol. The maximum absolute atomic E-state index is 12.0. The Kier molecular flexibility index (Phi) is 4.32. The number of nitro benzene ring substituents is 1. The van der Waals surface area contributed by atoms with Gasteiger partial charge in [-0.25, -0.2) is 4.79 Å². The van der Waals surface area contributed by atoms with Gasteiger partial charge >= 0.3 is 5.69 Å². The van der Waals surface area contributed by atoms with Gasteiger partial charge in [0, 0.05) is 26.4 Å². The van der Waals surface area contributed by atoms with Gasteiger partial charge in [-0.2, -0.15) is 0 Å². The van der Waals surface area contributed by atoms with Crippen LogP contribution in [0, 0.1) is 10.1 Å². The van der Waals surface area contributed by atoms with E-state index in [9.17, 15) is 24.8 Å². The fraction of sp³-hybridized carbons (Fsp3) is 0.154. The van der Waals surface area contributed by atoms with Crippen LogP contribution in [0.4, 0.5) is 11.4 Å². The first-order valence-corrected chi connectivity index (χ1v) is 6.58. The lowest BCUT2D eigenvalue weighted by Crippen LogP contribution is -2.38. The normalized spacial score (nSPS) is 11.1. The summed E-state index contributed by atoms with van der Waals surface area (Å²) in [4.78, 5) is 37.7. The fourth-order valence-electron chi connectivity index (χ4n) is 1.83. The number of aliphatic imine (C=N–C) groups is 1. The van der Waals surface area contributed by atoms with Crippen LogP contribution in [-0.4, -0.2) is 25.4 Å². The smallest absolute Gasteiger partial charge is 0.333 e. The average molecular weight is 339 g/mol. The summed E-state index contributed by atoms with van der Waals surface area (Å²) in [6.07, 6.45) is 1.03. The predicted octanol–water partition coefficient (Wildman–Crippen LogP) is 1.10. The molecular weight excluding hydrogens is 328 g/mol. The van der Waals surface area contributed by atoms with E-state index in [4.69, 9.17) is 11.6 Å².